The fourth-order valence-electron chi connectivity index (χ4n) is 3.86. The van der Waals surface area contributed by atoms with E-state index in [2.05, 4.69) is 44.0 Å². The van der Waals surface area contributed by atoms with E-state index in [0.717, 1.165) is 6.42 Å². The van der Waals surface area contributed by atoms with Gasteiger partial charge >= 0.3 is 0 Å². The number of nitrogens with zero attached hydrogens (tertiary/aromatic N) is 1. The molecule has 1 aromatic carbocycles. The summed E-state index contributed by atoms with van der Waals surface area (Å²) < 4.78 is 1.34. The van der Waals surface area contributed by atoms with Gasteiger partial charge in [-0.15, -0.1) is 0 Å². The summed E-state index contributed by atoms with van der Waals surface area (Å²) in [7, 11) is 0. The lowest BCUT2D eigenvalue weighted by Gasteiger charge is -2.18. The SMILES string of the molecule is Nc1c(Br)cc(N2C(=O)[C@@H]3[C@@H](C2=O)[C@H]2C=C[C@H]3C2)cc1Br. The highest BCUT2D eigenvalue weighted by molar-refractivity contribution is 9.11. The second kappa shape index (κ2) is 4.43. The van der Waals surface area contributed by atoms with E-state index in [9.17, 15) is 9.59 Å². The Morgan fingerprint density at radius 2 is 1.48 bits per heavy atom. The van der Waals surface area contributed by atoms with Gasteiger partial charge in [-0.3, -0.25) is 9.59 Å². The van der Waals surface area contributed by atoms with Crippen LogP contribution in [0.15, 0.2) is 33.2 Å². The lowest BCUT2D eigenvalue weighted by Crippen LogP contribution is -2.32. The normalized spacial score (nSPS) is 33.1. The molecule has 4 nitrogen and oxygen atoms in total. The predicted molar refractivity (Wildman–Crippen MR) is 86.5 cm³/mol. The van der Waals surface area contributed by atoms with Crippen LogP contribution in [-0.2, 0) is 9.59 Å². The van der Waals surface area contributed by atoms with Crippen LogP contribution in [-0.4, -0.2) is 11.8 Å². The predicted octanol–water partition coefficient (Wildman–Crippen LogP) is 3.11. The van der Waals surface area contributed by atoms with Crippen LogP contribution in [0.25, 0.3) is 0 Å². The highest BCUT2D eigenvalue weighted by Crippen LogP contribution is 2.53. The Morgan fingerprint density at radius 3 is 1.95 bits per heavy atom. The number of halogens is 2. The summed E-state index contributed by atoms with van der Waals surface area (Å²) in [6.07, 6.45) is 5.13. The van der Waals surface area contributed by atoms with Gasteiger partial charge in [0.25, 0.3) is 0 Å². The van der Waals surface area contributed by atoms with Crippen molar-refractivity contribution >= 4 is 55.0 Å². The molecule has 6 heteroatoms. The fraction of sp³-hybridized carbons (Fsp3) is 0.333. The average molecular weight is 412 g/mol. The lowest BCUT2D eigenvalue weighted by atomic mass is 9.85. The Bertz CT molecular complexity index is 663. The number of rotatable bonds is 1. The fourth-order valence-corrected chi connectivity index (χ4v) is 5.02. The van der Waals surface area contributed by atoms with E-state index in [-0.39, 0.29) is 35.5 Å². The van der Waals surface area contributed by atoms with Crippen LogP contribution >= 0.6 is 31.9 Å². The molecule has 2 fully saturated rings. The number of fused-ring (bicyclic) bond motifs is 5. The van der Waals surface area contributed by atoms with E-state index >= 15 is 0 Å². The number of carbonyl (C=O) groups excluding carboxylic acids is 2. The van der Waals surface area contributed by atoms with Crippen molar-refractivity contribution in [2.75, 3.05) is 10.6 Å². The van der Waals surface area contributed by atoms with Gasteiger partial charge in [-0.2, -0.15) is 0 Å². The molecule has 2 amide bonds. The van der Waals surface area contributed by atoms with Gasteiger partial charge in [-0.1, -0.05) is 12.2 Å². The van der Waals surface area contributed by atoms with Crippen molar-refractivity contribution in [1.82, 2.24) is 0 Å². The van der Waals surface area contributed by atoms with Gasteiger partial charge in [0.05, 0.1) is 23.2 Å². The number of nitrogens with two attached hydrogens (primary N) is 1. The Kier molecular flexibility index (Phi) is 2.85. The zero-order chi connectivity index (χ0) is 14.9. The van der Waals surface area contributed by atoms with Crippen molar-refractivity contribution in [3.63, 3.8) is 0 Å². The Labute approximate surface area is 138 Å². The number of anilines is 2. The van der Waals surface area contributed by atoms with Gasteiger partial charge in [-0.25, -0.2) is 4.90 Å². The topological polar surface area (TPSA) is 63.4 Å². The largest absolute Gasteiger partial charge is 0.397 e. The first-order valence-corrected chi connectivity index (χ1v) is 8.38. The van der Waals surface area contributed by atoms with Gasteiger partial charge in [0, 0.05) is 8.95 Å². The maximum atomic E-state index is 12.7. The molecule has 1 aliphatic heterocycles. The summed E-state index contributed by atoms with van der Waals surface area (Å²) in [5, 5.41) is 0. The summed E-state index contributed by atoms with van der Waals surface area (Å²) >= 11 is 6.73. The lowest BCUT2D eigenvalue weighted by molar-refractivity contribution is -0.123. The number of allylic oxidation sites excluding steroid dienone is 2. The third kappa shape index (κ3) is 1.72. The first-order chi connectivity index (χ1) is 9.99. The number of nitrogen functional groups attached to an aromatic ring is 1. The molecule has 1 saturated carbocycles. The molecule has 108 valence electrons. The van der Waals surface area contributed by atoms with Gasteiger partial charge in [-0.05, 0) is 62.2 Å². The molecule has 0 spiro atoms. The third-order valence-electron chi connectivity index (χ3n) is 4.79. The van der Waals surface area contributed by atoms with Crippen LogP contribution in [0.2, 0.25) is 0 Å². The van der Waals surface area contributed by atoms with Gasteiger partial charge in [0.2, 0.25) is 11.8 Å². The van der Waals surface area contributed by atoms with E-state index in [4.69, 9.17) is 5.73 Å². The minimum Gasteiger partial charge on any atom is -0.397 e. The smallest absolute Gasteiger partial charge is 0.238 e. The second-order valence-corrected chi connectivity index (χ2v) is 7.54. The molecular weight excluding hydrogens is 400 g/mol. The Hall–Kier alpha value is -1.14. The minimum atomic E-state index is -0.178. The monoisotopic (exact) mass is 410 g/mol. The van der Waals surface area contributed by atoms with Gasteiger partial charge < -0.3 is 5.73 Å². The van der Waals surface area contributed by atoms with Crippen molar-refractivity contribution in [1.29, 1.82) is 0 Å². The summed E-state index contributed by atoms with van der Waals surface area (Å²) in [6, 6.07) is 3.46. The standard InChI is InChI=1S/C15H12Br2N2O2/c16-9-4-8(5-10(17)13(9)18)19-14(20)11-6-1-2-7(3-6)12(11)15(19)21/h1-2,4-7,11-12H,3,18H2/t6-,7-,11-,12-/m0/s1. The van der Waals surface area contributed by atoms with Gasteiger partial charge in [0.15, 0.2) is 0 Å². The molecule has 1 saturated heterocycles. The minimum absolute atomic E-state index is 0.0783. The van der Waals surface area contributed by atoms with Crippen LogP contribution in [0, 0.1) is 23.7 Å². The Morgan fingerprint density at radius 1 is 1.00 bits per heavy atom. The van der Waals surface area contributed by atoms with E-state index in [1.807, 2.05) is 0 Å². The zero-order valence-corrected chi connectivity index (χ0v) is 14.1. The number of amides is 2. The highest BCUT2D eigenvalue weighted by Gasteiger charge is 2.59. The molecule has 0 unspecified atom stereocenters. The first kappa shape index (κ1) is 13.5. The Balaban J connectivity index is 1.78. The van der Waals surface area contributed by atoms with Crippen LogP contribution in [0.3, 0.4) is 0 Å². The van der Waals surface area contributed by atoms with Gasteiger partial charge in [0.1, 0.15) is 0 Å². The van der Waals surface area contributed by atoms with E-state index in [1.54, 1.807) is 12.1 Å². The summed E-state index contributed by atoms with van der Waals surface area (Å²) in [4.78, 5) is 26.7. The summed E-state index contributed by atoms with van der Waals surface area (Å²) in [5.41, 5.74) is 7.00. The van der Waals surface area contributed by atoms with Crippen molar-refractivity contribution < 1.29 is 9.59 Å². The number of benzene rings is 1. The van der Waals surface area contributed by atoms with Crippen LogP contribution in [0.5, 0.6) is 0 Å². The summed E-state index contributed by atoms with van der Waals surface area (Å²) in [6.45, 7) is 0. The maximum absolute atomic E-state index is 12.7. The van der Waals surface area contributed by atoms with Crippen molar-refractivity contribution in [3.05, 3.63) is 33.2 Å². The molecule has 2 N–H and O–H groups in total. The highest BCUT2D eigenvalue weighted by atomic mass is 79.9. The van der Waals surface area contributed by atoms with Crippen molar-refractivity contribution in [2.24, 2.45) is 23.7 Å². The molecule has 1 aromatic rings. The third-order valence-corrected chi connectivity index (χ3v) is 6.10. The van der Waals surface area contributed by atoms with E-state index in [0.29, 0.717) is 20.3 Å². The van der Waals surface area contributed by atoms with Crippen LogP contribution < -0.4 is 10.6 Å². The molecule has 0 radical (unpaired) electrons. The molecule has 2 aliphatic carbocycles. The molecule has 3 aliphatic rings. The number of hydrogen-bond donors (Lipinski definition) is 1. The zero-order valence-electron chi connectivity index (χ0n) is 10.9. The molecule has 1 heterocycles. The summed E-state index contributed by atoms with van der Waals surface area (Å²) in [5.74, 6) is -0.0646. The van der Waals surface area contributed by atoms with E-state index in [1.165, 1.54) is 4.90 Å². The molecule has 21 heavy (non-hydrogen) atoms. The van der Waals surface area contributed by atoms with Crippen LogP contribution in [0.4, 0.5) is 11.4 Å². The molecule has 0 aromatic heterocycles. The maximum Gasteiger partial charge on any atom is 0.238 e. The molecule has 4 atom stereocenters. The van der Waals surface area contributed by atoms with Crippen molar-refractivity contribution in [3.8, 4) is 0 Å². The average Bonchev–Trinajstić information content (AvgIpc) is 3.10. The molecular formula is C15H12Br2N2O2. The van der Waals surface area contributed by atoms with Crippen molar-refractivity contribution in [2.45, 2.75) is 6.42 Å². The van der Waals surface area contributed by atoms with E-state index < -0.39 is 0 Å². The van der Waals surface area contributed by atoms with Crippen LogP contribution in [0.1, 0.15) is 6.42 Å². The second-order valence-electron chi connectivity index (χ2n) is 5.83. The number of imide groups is 1. The number of hydrogen-bond acceptors (Lipinski definition) is 3. The quantitative estimate of drug-likeness (QED) is 0.438. The number of carbonyl (C=O) groups is 2. The molecule has 2 bridgehead atoms. The first-order valence-electron chi connectivity index (χ1n) is 6.79. The molecule has 4 rings (SSSR count).